The molecule has 6 heteroatoms. The van der Waals surface area contributed by atoms with E-state index in [4.69, 9.17) is 4.74 Å². The highest BCUT2D eigenvalue weighted by Gasteiger charge is 2.28. The van der Waals surface area contributed by atoms with Crippen LogP contribution in [-0.4, -0.2) is 49.0 Å². The molecule has 1 aliphatic rings. The van der Waals surface area contributed by atoms with Crippen LogP contribution in [0.1, 0.15) is 18.5 Å². The lowest BCUT2D eigenvalue weighted by atomic mass is 9.93. The lowest BCUT2D eigenvalue weighted by Gasteiger charge is -2.26. The topological polar surface area (TPSA) is 90.8 Å². The normalized spacial score (nSPS) is 18.3. The number of ether oxygens (including phenoxy) is 1. The van der Waals surface area contributed by atoms with Crippen LogP contribution in [0.25, 0.3) is 0 Å². The van der Waals surface area contributed by atoms with Gasteiger partial charge in [0.05, 0.1) is 13.2 Å². The van der Waals surface area contributed by atoms with E-state index in [9.17, 15) is 15.0 Å². The van der Waals surface area contributed by atoms with Crippen LogP contribution in [0.4, 0.5) is 0 Å². The highest BCUT2D eigenvalue weighted by Crippen LogP contribution is 2.27. The summed E-state index contributed by atoms with van der Waals surface area (Å²) in [6.45, 7) is 2.61. The number of benzene rings is 1. The van der Waals surface area contributed by atoms with Crippen molar-refractivity contribution in [2.45, 2.75) is 13.0 Å². The molecule has 0 saturated carbocycles. The summed E-state index contributed by atoms with van der Waals surface area (Å²) in [6, 6.07) is 6.93. The summed E-state index contributed by atoms with van der Waals surface area (Å²) in [5.41, 5.74) is 0.0679. The monoisotopic (exact) mass is 294 g/mol. The zero-order chi connectivity index (χ0) is 15.3. The maximum atomic E-state index is 12.4. The number of carbonyl (C=O) groups is 1. The predicted molar refractivity (Wildman–Crippen MR) is 78.0 cm³/mol. The molecule has 1 unspecified atom stereocenters. The molecule has 0 radical (unpaired) electrons. The molecule has 0 aromatic heterocycles. The molecule has 21 heavy (non-hydrogen) atoms. The molecule has 6 nitrogen and oxygen atoms in total. The Hall–Kier alpha value is -1.63. The van der Waals surface area contributed by atoms with Crippen molar-refractivity contribution >= 4 is 5.91 Å². The summed E-state index contributed by atoms with van der Waals surface area (Å²) in [7, 11) is 0. The maximum Gasteiger partial charge on any atom is 0.241 e. The SMILES string of the molecule is CC(CO)(CO)CNC(=O)C1NCCOc2ccccc21. The lowest BCUT2D eigenvalue weighted by Crippen LogP contribution is -2.44. The third-order valence-electron chi connectivity index (χ3n) is 3.65. The van der Waals surface area contributed by atoms with Gasteiger partial charge in [-0.2, -0.15) is 0 Å². The zero-order valence-electron chi connectivity index (χ0n) is 12.1. The van der Waals surface area contributed by atoms with Crippen LogP contribution in [0.3, 0.4) is 0 Å². The Morgan fingerprint density at radius 3 is 2.86 bits per heavy atom. The van der Waals surface area contributed by atoms with E-state index in [0.717, 1.165) is 5.56 Å². The molecule has 1 aliphatic heterocycles. The second-order valence-corrected chi connectivity index (χ2v) is 5.62. The van der Waals surface area contributed by atoms with Crippen molar-refractivity contribution in [1.29, 1.82) is 0 Å². The molecule has 4 N–H and O–H groups in total. The number of para-hydroxylation sites is 1. The molecule has 0 fully saturated rings. The average Bonchev–Trinajstić information content (AvgIpc) is 2.74. The average molecular weight is 294 g/mol. The number of hydrogen-bond donors (Lipinski definition) is 4. The van der Waals surface area contributed by atoms with Crippen molar-refractivity contribution in [2.75, 3.05) is 32.9 Å². The molecule has 0 saturated heterocycles. The number of hydrogen-bond acceptors (Lipinski definition) is 5. The molecule has 1 aromatic carbocycles. The molecule has 1 amide bonds. The molecular weight excluding hydrogens is 272 g/mol. The number of aliphatic hydroxyl groups excluding tert-OH is 2. The van der Waals surface area contributed by atoms with Gasteiger partial charge in [0.2, 0.25) is 5.91 Å². The Kier molecular flexibility index (Phi) is 5.17. The lowest BCUT2D eigenvalue weighted by molar-refractivity contribution is -0.124. The van der Waals surface area contributed by atoms with Gasteiger partial charge in [-0.3, -0.25) is 10.1 Å². The number of amides is 1. The van der Waals surface area contributed by atoms with Crippen LogP contribution in [0.5, 0.6) is 5.75 Å². The van der Waals surface area contributed by atoms with Gasteiger partial charge in [-0.25, -0.2) is 0 Å². The van der Waals surface area contributed by atoms with Gasteiger partial charge in [-0.15, -0.1) is 0 Å². The molecule has 0 bridgehead atoms. The molecule has 116 valence electrons. The summed E-state index contributed by atoms with van der Waals surface area (Å²) in [4.78, 5) is 12.4. The fourth-order valence-electron chi connectivity index (χ4n) is 2.12. The smallest absolute Gasteiger partial charge is 0.241 e. The third-order valence-corrected chi connectivity index (χ3v) is 3.65. The van der Waals surface area contributed by atoms with Gasteiger partial charge in [-0.1, -0.05) is 25.1 Å². The number of fused-ring (bicyclic) bond motifs is 1. The molecule has 1 aromatic rings. The van der Waals surface area contributed by atoms with Crippen molar-refractivity contribution < 1.29 is 19.7 Å². The van der Waals surface area contributed by atoms with E-state index in [2.05, 4.69) is 10.6 Å². The Morgan fingerprint density at radius 1 is 1.43 bits per heavy atom. The number of aliphatic hydroxyl groups is 2. The molecule has 1 heterocycles. The first kappa shape index (κ1) is 15.8. The van der Waals surface area contributed by atoms with Crippen molar-refractivity contribution in [2.24, 2.45) is 5.41 Å². The maximum absolute atomic E-state index is 12.4. The number of nitrogens with one attached hydrogen (secondary N) is 2. The third kappa shape index (κ3) is 3.72. The minimum absolute atomic E-state index is 0.193. The fraction of sp³-hybridized carbons (Fsp3) is 0.533. The van der Waals surface area contributed by atoms with Gasteiger partial charge in [0, 0.05) is 24.1 Å². The van der Waals surface area contributed by atoms with Gasteiger partial charge in [0.1, 0.15) is 18.4 Å². The standard InChI is InChI=1S/C15H22N2O4/c1-15(9-18,10-19)8-17-14(20)13-11-4-2-3-5-12(11)21-7-6-16-13/h2-5,13,16,18-19H,6-10H2,1H3,(H,17,20). The van der Waals surface area contributed by atoms with Crippen molar-refractivity contribution in [3.8, 4) is 5.75 Å². The van der Waals surface area contributed by atoms with Crippen LogP contribution in [0, 0.1) is 5.41 Å². The Morgan fingerprint density at radius 2 is 2.14 bits per heavy atom. The second kappa shape index (κ2) is 6.89. The van der Waals surface area contributed by atoms with E-state index in [0.29, 0.717) is 18.9 Å². The predicted octanol–water partition coefficient (Wildman–Crippen LogP) is -0.183. The van der Waals surface area contributed by atoms with Crippen LogP contribution in [-0.2, 0) is 4.79 Å². The van der Waals surface area contributed by atoms with Gasteiger partial charge >= 0.3 is 0 Å². The van der Waals surface area contributed by atoms with Gasteiger partial charge in [0.25, 0.3) is 0 Å². The van der Waals surface area contributed by atoms with E-state index in [1.807, 2.05) is 24.3 Å². The largest absolute Gasteiger partial charge is 0.492 e. The van der Waals surface area contributed by atoms with E-state index in [1.54, 1.807) is 6.92 Å². The number of rotatable bonds is 5. The van der Waals surface area contributed by atoms with Crippen molar-refractivity contribution in [3.63, 3.8) is 0 Å². The summed E-state index contributed by atoms with van der Waals surface area (Å²) in [6.07, 6.45) is 0. The molecular formula is C15H22N2O4. The summed E-state index contributed by atoms with van der Waals surface area (Å²) in [5, 5.41) is 24.5. The highest BCUT2D eigenvalue weighted by atomic mass is 16.5. The highest BCUT2D eigenvalue weighted by molar-refractivity contribution is 5.84. The second-order valence-electron chi connectivity index (χ2n) is 5.62. The summed E-state index contributed by atoms with van der Waals surface area (Å²) in [5.74, 6) is 0.510. The van der Waals surface area contributed by atoms with Crippen LogP contribution < -0.4 is 15.4 Å². The first-order valence-corrected chi connectivity index (χ1v) is 7.04. The first-order chi connectivity index (χ1) is 10.1. The molecule has 0 aliphatic carbocycles. The Labute approximate surface area is 124 Å². The van der Waals surface area contributed by atoms with Gasteiger partial charge in [0.15, 0.2) is 0 Å². The summed E-state index contributed by atoms with van der Waals surface area (Å²) < 4.78 is 5.59. The minimum Gasteiger partial charge on any atom is -0.492 e. The molecule has 2 rings (SSSR count). The van der Waals surface area contributed by atoms with Gasteiger partial charge < -0.3 is 20.3 Å². The molecule has 0 spiro atoms. The molecule has 1 atom stereocenters. The van der Waals surface area contributed by atoms with Crippen molar-refractivity contribution in [1.82, 2.24) is 10.6 Å². The van der Waals surface area contributed by atoms with E-state index >= 15 is 0 Å². The first-order valence-electron chi connectivity index (χ1n) is 7.04. The Balaban J connectivity index is 2.09. The zero-order valence-corrected chi connectivity index (χ0v) is 12.1. The van der Waals surface area contributed by atoms with E-state index < -0.39 is 11.5 Å². The van der Waals surface area contributed by atoms with Crippen LogP contribution >= 0.6 is 0 Å². The number of carbonyl (C=O) groups excluding carboxylic acids is 1. The van der Waals surface area contributed by atoms with Gasteiger partial charge in [-0.05, 0) is 6.07 Å². The van der Waals surface area contributed by atoms with E-state index in [-0.39, 0.29) is 25.7 Å². The van der Waals surface area contributed by atoms with E-state index in [1.165, 1.54) is 0 Å². The van der Waals surface area contributed by atoms with Crippen molar-refractivity contribution in [3.05, 3.63) is 29.8 Å². The summed E-state index contributed by atoms with van der Waals surface area (Å²) >= 11 is 0. The van der Waals surface area contributed by atoms with Crippen LogP contribution in [0.15, 0.2) is 24.3 Å². The minimum atomic E-state index is -0.726. The quantitative estimate of drug-likeness (QED) is 0.605. The van der Waals surface area contributed by atoms with Crippen LogP contribution in [0.2, 0.25) is 0 Å². The fourth-order valence-corrected chi connectivity index (χ4v) is 2.12. The Bertz CT molecular complexity index is 488.